The molecule has 0 amide bonds. The fourth-order valence-corrected chi connectivity index (χ4v) is 1.97. The first-order valence-corrected chi connectivity index (χ1v) is 6.01. The third kappa shape index (κ3) is 2.88. The van der Waals surface area contributed by atoms with Crippen LogP contribution in [0.4, 0.5) is 20.2 Å². The summed E-state index contributed by atoms with van der Waals surface area (Å²) in [4.78, 5) is -0.0753. The van der Waals surface area contributed by atoms with Crippen LogP contribution in [-0.4, -0.2) is 4.99 Å². The fourth-order valence-electron chi connectivity index (χ4n) is 1.76. The molecule has 3 N–H and O–H groups in total. The zero-order valence-corrected chi connectivity index (χ0v) is 11.0. The summed E-state index contributed by atoms with van der Waals surface area (Å²) in [5.74, 6) is -0.964. The summed E-state index contributed by atoms with van der Waals surface area (Å²) in [5.41, 5.74) is 7.06. The first-order chi connectivity index (χ1) is 8.99. The van der Waals surface area contributed by atoms with Crippen LogP contribution in [-0.2, 0) is 0 Å². The number of nitrogens with two attached hydrogens (primary N) is 1. The molecule has 0 aromatic heterocycles. The normalized spacial score (nSPS) is 10.3. The SMILES string of the molecule is Cc1ccc(F)c(Nc2cccc(F)c2C(N)=S)c1. The number of halogens is 2. The second kappa shape index (κ2) is 5.32. The van der Waals surface area contributed by atoms with Gasteiger partial charge in [0.05, 0.1) is 16.9 Å². The molecule has 0 aliphatic heterocycles. The minimum absolute atomic E-state index is 0.0753. The van der Waals surface area contributed by atoms with Gasteiger partial charge in [0, 0.05) is 0 Å². The van der Waals surface area contributed by atoms with Crippen LogP contribution >= 0.6 is 12.2 Å². The van der Waals surface area contributed by atoms with Crippen molar-refractivity contribution < 1.29 is 8.78 Å². The Bertz CT molecular complexity index is 641. The third-order valence-corrected chi connectivity index (χ3v) is 2.86. The van der Waals surface area contributed by atoms with Crippen molar-refractivity contribution >= 4 is 28.6 Å². The van der Waals surface area contributed by atoms with Crippen LogP contribution in [0.5, 0.6) is 0 Å². The summed E-state index contributed by atoms with van der Waals surface area (Å²) in [5, 5.41) is 2.82. The average molecular weight is 278 g/mol. The highest BCUT2D eigenvalue weighted by Crippen LogP contribution is 2.25. The van der Waals surface area contributed by atoms with Gasteiger partial charge in [-0.2, -0.15) is 0 Å². The molecular weight excluding hydrogens is 266 g/mol. The highest BCUT2D eigenvalue weighted by Gasteiger charge is 2.12. The van der Waals surface area contributed by atoms with Crippen LogP contribution in [0.2, 0.25) is 0 Å². The third-order valence-electron chi connectivity index (χ3n) is 2.65. The number of nitrogens with one attached hydrogen (secondary N) is 1. The number of anilines is 2. The molecule has 2 aromatic carbocycles. The summed E-state index contributed by atoms with van der Waals surface area (Å²) in [6.45, 7) is 1.84. The molecule has 2 nitrogen and oxygen atoms in total. The molecule has 0 saturated carbocycles. The second-order valence-corrected chi connectivity index (χ2v) is 4.57. The summed E-state index contributed by atoms with van der Waals surface area (Å²) in [6.07, 6.45) is 0. The zero-order valence-electron chi connectivity index (χ0n) is 10.2. The van der Waals surface area contributed by atoms with Crippen LogP contribution < -0.4 is 11.1 Å². The quantitative estimate of drug-likeness (QED) is 0.842. The standard InChI is InChI=1S/C14H12F2N2S/c1-8-5-6-9(15)12(7-8)18-11-4-2-3-10(16)13(11)14(17)19/h2-7,18H,1H3,(H2,17,19). The van der Waals surface area contributed by atoms with Crippen molar-refractivity contribution in [3.63, 3.8) is 0 Å². The van der Waals surface area contributed by atoms with E-state index in [2.05, 4.69) is 5.32 Å². The Morgan fingerprint density at radius 1 is 1.11 bits per heavy atom. The predicted octanol–water partition coefficient (Wildman–Crippen LogP) is 3.65. The molecule has 0 fully saturated rings. The van der Waals surface area contributed by atoms with Crippen LogP contribution in [0.3, 0.4) is 0 Å². The van der Waals surface area contributed by atoms with Gasteiger partial charge in [0.2, 0.25) is 0 Å². The monoisotopic (exact) mass is 278 g/mol. The first-order valence-electron chi connectivity index (χ1n) is 5.60. The maximum Gasteiger partial charge on any atom is 0.146 e. The Kier molecular flexibility index (Phi) is 3.76. The molecule has 0 spiro atoms. The largest absolute Gasteiger partial charge is 0.389 e. The van der Waals surface area contributed by atoms with E-state index in [1.807, 2.05) is 6.92 Å². The van der Waals surface area contributed by atoms with Gasteiger partial charge >= 0.3 is 0 Å². The Labute approximate surface area is 115 Å². The first kappa shape index (κ1) is 13.4. The number of benzene rings is 2. The lowest BCUT2D eigenvalue weighted by Gasteiger charge is -2.13. The van der Waals surface area contributed by atoms with Crippen molar-refractivity contribution in [1.82, 2.24) is 0 Å². The van der Waals surface area contributed by atoms with Crippen molar-refractivity contribution in [2.75, 3.05) is 5.32 Å². The molecule has 2 aromatic rings. The van der Waals surface area contributed by atoms with Crippen LogP contribution in [0, 0.1) is 18.6 Å². The number of thiocarbonyl (C=S) groups is 1. The summed E-state index contributed by atoms with van der Waals surface area (Å²) in [7, 11) is 0. The summed E-state index contributed by atoms with van der Waals surface area (Å²) < 4.78 is 27.4. The molecule has 98 valence electrons. The van der Waals surface area contributed by atoms with E-state index in [0.29, 0.717) is 5.69 Å². The fraction of sp³-hybridized carbons (Fsp3) is 0.0714. The van der Waals surface area contributed by atoms with Gasteiger partial charge in [0.25, 0.3) is 0 Å². The Balaban J connectivity index is 2.46. The molecule has 19 heavy (non-hydrogen) atoms. The summed E-state index contributed by atoms with van der Waals surface area (Å²) >= 11 is 4.82. The van der Waals surface area contributed by atoms with Crippen LogP contribution in [0.15, 0.2) is 36.4 Å². The second-order valence-electron chi connectivity index (χ2n) is 4.13. The number of aryl methyl sites for hydroxylation is 1. The van der Waals surface area contributed by atoms with Gasteiger partial charge in [-0.25, -0.2) is 8.78 Å². The molecule has 0 aliphatic carbocycles. The minimum Gasteiger partial charge on any atom is -0.389 e. The van der Waals surface area contributed by atoms with Crippen molar-refractivity contribution in [1.29, 1.82) is 0 Å². The van der Waals surface area contributed by atoms with E-state index >= 15 is 0 Å². The predicted molar refractivity (Wildman–Crippen MR) is 76.7 cm³/mol. The van der Waals surface area contributed by atoms with Crippen molar-refractivity contribution in [2.24, 2.45) is 5.73 Å². The molecule has 0 saturated heterocycles. The van der Waals surface area contributed by atoms with Crippen molar-refractivity contribution in [3.05, 3.63) is 59.2 Å². The molecular formula is C14H12F2N2S. The van der Waals surface area contributed by atoms with E-state index in [0.717, 1.165) is 5.56 Å². The molecule has 0 atom stereocenters. The molecule has 5 heteroatoms. The van der Waals surface area contributed by atoms with Crippen molar-refractivity contribution in [3.8, 4) is 0 Å². The van der Waals surface area contributed by atoms with Crippen molar-refractivity contribution in [2.45, 2.75) is 6.92 Å². The molecule has 0 aliphatic rings. The molecule has 0 heterocycles. The molecule has 0 bridgehead atoms. The zero-order chi connectivity index (χ0) is 14.0. The van der Waals surface area contributed by atoms with Gasteiger partial charge in [-0.3, -0.25) is 0 Å². The number of hydrogen-bond acceptors (Lipinski definition) is 2. The molecule has 0 radical (unpaired) electrons. The highest BCUT2D eigenvalue weighted by molar-refractivity contribution is 7.80. The number of hydrogen-bond donors (Lipinski definition) is 2. The van der Waals surface area contributed by atoms with E-state index in [1.54, 1.807) is 18.2 Å². The van der Waals surface area contributed by atoms with E-state index in [-0.39, 0.29) is 16.2 Å². The minimum atomic E-state index is -0.537. The topological polar surface area (TPSA) is 38.0 Å². The van der Waals surface area contributed by atoms with E-state index in [4.69, 9.17) is 18.0 Å². The lowest BCUT2D eigenvalue weighted by atomic mass is 10.1. The van der Waals surface area contributed by atoms with E-state index in [9.17, 15) is 8.78 Å². The Hall–Kier alpha value is -2.01. The lowest BCUT2D eigenvalue weighted by Crippen LogP contribution is -2.14. The van der Waals surface area contributed by atoms with Gasteiger partial charge in [0.1, 0.15) is 16.6 Å². The van der Waals surface area contributed by atoms with Gasteiger partial charge < -0.3 is 11.1 Å². The Morgan fingerprint density at radius 2 is 1.84 bits per heavy atom. The van der Waals surface area contributed by atoms with Gasteiger partial charge in [-0.15, -0.1) is 0 Å². The van der Waals surface area contributed by atoms with Gasteiger partial charge in [-0.05, 0) is 36.8 Å². The maximum atomic E-state index is 13.7. The van der Waals surface area contributed by atoms with Crippen LogP contribution in [0.25, 0.3) is 0 Å². The maximum absolute atomic E-state index is 13.7. The number of rotatable bonds is 3. The average Bonchev–Trinajstić information content (AvgIpc) is 2.33. The van der Waals surface area contributed by atoms with E-state index < -0.39 is 11.6 Å². The highest BCUT2D eigenvalue weighted by atomic mass is 32.1. The lowest BCUT2D eigenvalue weighted by molar-refractivity contribution is 0.625. The van der Waals surface area contributed by atoms with Crippen LogP contribution in [0.1, 0.15) is 11.1 Å². The van der Waals surface area contributed by atoms with E-state index in [1.165, 1.54) is 18.2 Å². The van der Waals surface area contributed by atoms with Gasteiger partial charge in [-0.1, -0.05) is 24.4 Å². The van der Waals surface area contributed by atoms with Gasteiger partial charge in [0.15, 0.2) is 0 Å². The summed E-state index contributed by atoms with van der Waals surface area (Å²) in [6, 6.07) is 8.99. The molecule has 2 rings (SSSR count). The smallest absolute Gasteiger partial charge is 0.146 e. The molecule has 0 unspecified atom stereocenters. The Morgan fingerprint density at radius 3 is 2.53 bits per heavy atom.